The van der Waals surface area contributed by atoms with Crippen LogP contribution in [0.2, 0.25) is 0 Å². The molecule has 2 unspecified atom stereocenters. The van der Waals surface area contributed by atoms with Crippen LogP contribution in [0.3, 0.4) is 0 Å². The Morgan fingerprint density at radius 2 is 2.36 bits per heavy atom. The minimum Gasteiger partial charge on any atom is -0.305 e. The van der Waals surface area contributed by atoms with E-state index >= 15 is 0 Å². The molecule has 0 bridgehead atoms. The summed E-state index contributed by atoms with van der Waals surface area (Å²) in [6.07, 6.45) is 2.34. The Balaban J connectivity index is 2.24. The highest BCUT2D eigenvalue weighted by molar-refractivity contribution is 7.98. The molecule has 1 aliphatic rings. The van der Waals surface area contributed by atoms with Crippen molar-refractivity contribution < 1.29 is 9.59 Å². The molecule has 0 aliphatic carbocycles. The summed E-state index contributed by atoms with van der Waals surface area (Å²) in [7, 11) is 0. The van der Waals surface area contributed by atoms with Crippen molar-refractivity contribution in [2.45, 2.75) is 19.4 Å². The molecule has 1 saturated heterocycles. The number of carbonyl (C=O) groups excluding carboxylic acids is 2. The van der Waals surface area contributed by atoms with Gasteiger partial charge in [0.1, 0.15) is 0 Å². The van der Waals surface area contributed by atoms with Crippen molar-refractivity contribution in [2.24, 2.45) is 5.92 Å². The SMILES string of the molecule is CSCC(C)CNC1CC(=O)NC1=O. The van der Waals surface area contributed by atoms with E-state index < -0.39 is 0 Å². The first kappa shape index (κ1) is 11.5. The molecule has 0 radical (unpaired) electrons. The fourth-order valence-corrected chi connectivity index (χ4v) is 2.09. The van der Waals surface area contributed by atoms with Crippen LogP contribution in [-0.4, -0.2) is 36.4 Å². The van der Waals surface area contributed by atoms with E-state index in [4.69, 9.17) is 0 Å². The highest BCUT2D eigenvalue weighted by Gasteiger charge is 2.29. The van der Waals surface area contributed by atoms with E-state index in [1.54, 1.807) is 11.8 Å². The highest BCUT2D eigenvalue weighted by atomic mass is 32.2. The number of imide groups is 1. The van der Waals surface area contributed by atoms with Gasteiger partial charge in [-0.25, -0.2) is 0 Å². The second-order valence-electron chi connectivity index (χ2n) is 3.64. The lowest BCUT2D eigenvalue weighted by Gasteiger charge is -2.13. The van der Waals surface area contributed by atoms with Crippen molar-refractivity contribution in [3.8, 4) is 0 Å². The molecule has 2 N–H and O–H groups in total. The highest BCUT2D eigenvalue weighted by Crippen LogP contribution is 2.05. The average molecular weight is 216 g/mol. The molecule has 0 aromatic rings. The molecule has 1 rings (SSSR count). The Kier molecular flexibility index (Phi) is 4.41. The molecule has 0 saturated carbocycles. The summed E-state index contributed by atoms with van der Waals surface area (Å²) in [5.74, 6) is 1.22. The van der Waals surface area contributed by atoms with Gasteiger partial charge < -0.3 is 5.32 Å². The first-order chi connectivity index (χ1) is 6.63. The Hall–Kier alpha value is -0.550. The standard InChI is InChI=1S/C9H16N2O2S/c1-6(5-14-2)4-10-7-3-8(12)11-9(7)13/h6-7,10H,3-5H2,1-2H3,(H,11,12,13). The van der Waals surface area contributed by atoms with Crippen LogP contribution in [0, 0.1) is 5.92 Å². The molecule has 4 nitrogen and oxygen atoms in total. The molecule has 0 spiro atoms. The third-order valence-electron chi connectivity index (χ3n) is 2.13. The normalized spacial score (nSPS) is 23.7. The average Bonchev–Trinajstić information content (AvgIpc) is 2.42. The van der Waals surface area contributed by atoms with Crippen molar-refractivity contribution in [2.75, 3.05) is 18.6 Å². The molecule has 1 fully saturated rings. The number of nitrogens with one attached hydrogen (secondary N) is 2. The van der Waals surface area contributed by atoms with E-state index in [1.165, 1.54) is 0 Å². The van der Waals surface area contributed by atoms with Gasteiger partial charge in [-0.05, 0) is 24.5 Å². The first-order valence-corrected chi connectivity index (χ1v) is 6.09. The van der Waals surface area contributed by atoms with Crippen LogP contribution in [0.1, 0.15) is 13.3 Å². The lowest BCUT2D eigenvalue weighted by atomic mass is 10.2. The van der Waals surface area contributed by atoms with Gasteiger partial charge in [0, 0.05) is 0 Å². The van der Waals surface area contributed by atoms with Crippen LogP contribution >= 0.6 is 11.8 Å². The van der Waals surface area contributed by atoms with E-state index in [9.17, 15) is 9.59 Å². The molecule has 0 aromatic carbocycles. The topological polar surface area (TPSA) is 58.2 Å². The zero-order valence-corrected chi connectivity index (χ0v) is 9.32. The van der Waals surface area contributed by atoms with E-state index in [0.717, 1.165) is 12.3 Å². The lowest BCUT2D eigenvalue weighted by molar-refractivity contribution is -0.125. The predicted molar refractivity (Wildman–Crippen MR) is 57.1 cm³/mol. The number of hydrogen-bond donors (Lipinski definition) is 2. The number of amides is 2. The fraction of sp³-hybridized carbons (Fsp3) is 0.778. The van der Waals surface area contributed by atoms with E-state index in [-0.39, 0.29) is 24.3 Å². The van der Waals surface area contributed by atoms with Gasteiger partial charge in [-0.2, -0.15) is 11.8 Å². The number of thioether (sulfide) groups is 1. The zero-order chi connectivity index (χ0) is 10.6. The van der Waals surface area contributed by atoms with Gasteiger partial charge in [0.05, 0.1) is 12.5 Å². The Bertz CT molecular complexity index is 233. The third kappa shape index (κ3) is 3.31. The molecule has 0 aromatic heterocycles. The fourth-order valence-electron chi connectivity index (χ4n) is 1.41. The van der Waals surface area contributed by atoms with Crippen molar-refractivity contribution in [1.29, 1.82) is 0 Å². The second kappa shape index (κ2) is 5.36. The summed E-state index contributed by atoms with van der Waals surface area (Å²) in [5.41, 5.74) is 0. The van der Waals surface area contributed by atoms with Gasteiger partial charge in [-0.1, -0.05) is 6.92 Å². The smallest absolute Gasteiger partial charge is 0.244 e. The van der Waals surface area contributed by atoms with Gasteiger partial charge in [0.2, 0.25) is 11.8 Å². The van der Waals surface area contributed by atoms with Crippen molar-refractivity contribution in [1.82, 2.24) is 10.6 Å². The van der Waals surface area contributed by atoms with E-state index in [1.807, 2.05) is 0 Å². The predicted octanol–water partition coefficient (Wildman–Crippen LogP) is -0.00980. The van der Waals surface area contributed by atoms with Crippen LogP contribution < -0.4 is 10.6 Å². The quantitative estimate of drug-likeness (QED) is 0.635. The summed E-state index contributed by atoms with van der Waals surface area (Å²) in [6, 6.07) is -0.313. The number of hydrogen-bond acceptors (Lipinski definition) is 4. The van der Waals surface area contributed by atoms with Crippen LogP contribution in [0.5, 0.6) is 0 Å². The van der Waals surface area contributed by atoms with Gasteiger partial charge in [0.25, 0.3) is 0 Å². The largest absolute Gasteiger partial charge is 0.305 e. The maximum Gasteiger partial charge on any atom is 0.244 e. The molecule has 80 valence electrons. The maximum atomic E-state index is 11.2. The van der Waals surface area contributed by atoms with E-state index in [2.05, 4.69) is 23.8 Å². The summed E-state index contributed by atoms with van der Waals surface area (Å²) >= 11 is 1.79. The minimum absolute atomic E-state index is 0.176. The summed E-state index contributed by atoms with van der Waals surface area (Å²) < 4.78 is 0. The van der Waals surface area contributed by atoms with Crippen LogP contribution in [-0.2, 0) is 9.59 Å². The molecule has 2 amide bonds. The molecule has 14 heavy (non-hydrogen) atoms. The molecule has 1 aliphatic heterocycles. The molecular weight excluding hydrogens is 200 g/mol. The van der Waals surface area contributed by atoms with E-state index in [0.29, 0.717) is 5.92 Å². The molecular formula is C9H16N2O2S. The monoisotopic (exact) mass is 216 g/mol. The molecule has 1 heterocycles. The third-order valence-corrected chi connectivity index (χ3v) is 3.03. The van der Waals surface area contributed by atoms with Gasteiger partial charge in [-0.15, -0.1) is 0 Å². The minimum atomic E-state index is -0.313. The lowest BCUT2D eigenvalue weighted by Crippen LogP contribution is -2.38. The second-order valence-corrected chi connectivity index (χ2v) is 4.55. The van der Waals surface area contributed by atoms with Crippen molar-refractivity contribution >= 4 is 23.6 Å². The van der Waals surface area contributed by atoms with Crippen LogP contribution in [0.25, 0.3) is 0 Å². The van der Waals surface area contributed by atoms with Crippen LogP contribution in [0.15, 0.2) is 0 Å². The Labute approximate surface area is 88.2 Å². The summed E-state index contributed by atoms with van der Waals surface area (Å²) in [5, 5.41) is 5.38. The Morgan fingerprint density at radius 3 is 2.86 bits per heavy atom. The zero-order valence-electron chi connectivity index (χ0n) is 8.50. The van der Waals surface area contributed by atoms with Crippen molar-refractivity contribution in [3.05, 3.63) is 0 Å². The van der Waals surface area contributed by atoms with Gasteiger partial charge in [0.15, 0.2) is 0 Å². The van der Waals surface area contributed by atoms with Crippen LogP contribution in [0.4, 0.5) is 0 Å². The molecule has 5 heteroatoms. The van der Waals surface area contributed by atoms with Crippen molar-refractivity contribution in [3.63, 3.8) is 0 Å². The summed E-state index contributed by atoms with van der Waals surface area (Å²) in [6.45, 7) is 2.91. The first-order valence-electron chi connectivity index (χ1n) is 4.69. The van der Waals surface area contributed by atoms with Gasteiger partial charge >= 0.3 is 0 Å². The maximum absolute atomic E-state index is 11.2. The number of rotatable bonds is 5. The van der Waals surface area contributed by atoms with Gasteiger partial charge in [-0.3, -0.25) is 14.9 Å². The molecule has 2 atom stereocenters. The summed E-state index contributed by atoms with van der Waals surface area (Å²) in [4.78, 5) is 22.0. The number of carbonyl (C=O) groups is 2. The Morgan fingerprint density at radius 1 is 1.64 bits per heavy atom.